The van der Waals surface area contributed by atoms with Crippen molar-refractivity contribution in [2.24, 2.45) is 11.8 Å². The number of nitrogen functional groups attached to an aromatic ring is 1. The first-order valence-electron chi connectivity index (χ1n) is 7.64. The molecule has 5 heteroatoms. The van der Waals surface area contributed by atoms with E-state index in [0.29, 0.717) is 5.25 Å². The highest BCUT2D eigenvalue weighted by Gasteiger charge is 2.22. The van der Waals surface area contributed by atoms with E-state index >= 15 is 0 Å². The van der Waals surface area contributed by atoms with Gasteiger partial charge >= 0.3 is 0 Å². The summed E-state index contributed by atoms with van der Waals surface area (Å²) >= 11 is 1.92. The monoisotopic (exact) mass is 294 g/mol. The first kappa shape index (κ1) is 15.6. The predicted octanol–water partition coefficient (Wildman–Crippen LogP) is 3.69. The van der Waals surface area contributed by atoms with E-state index in [-0.39, 0.29) is 0 Å². The molecule has 1 aliphatic rings. The predicted molar refractivity (Wildman–Crippen MR) is 85.9 cm³/mol. The van der Waals surface area contributed by atoms with Crippen LogP contribution in [0.2, 0.25) is 0 Å². The second-order valence-corrected chi connectivity index (χ2v) is 7.11. The molecule has 0 aromatic carbocycles. The van der Waals surface area contributed by atoms with Crippen LogP contribution in [0.15, 0.2) is 5.03 Å². The molecule has 3 N–H and O–H groups in total. The Morgan fingerprint density at radius 1 is 1.35 bits per heavy atom. The first-order valence-corrected chi connectivity index (χ1v) is 8.52. The number of thioether (sulfide) groups is 1. The Kier molecular flexibility index (Phi) is 5.66. The van der Waals surface area contributed by atoms with E-state index in [2.05, 4.69) is 31.2 Å². The number of hydrazine groups is 1. The molecule has 20 heavy (non-hydrogen) atoms. The van der Waals surface area contributed by atoms with Crippen molar-refractivity contribution >= 4 is 17.6 Å². The molecule has 1 aliphatic carbocycles. The van der Waals surface area contributed by atoms with Crippen LogP contribution in [0.5, 0.6) is 0 Å². The normalized spacial score (nSPS) is 22.8. The van der Waals surface area contributed by atoms with E-state index in [0.717, 1.165) is 41.0 Å². The van der Waals surface area contributed by atoms with Gasteiger partial charge in [-0.05, 0) is 32.1 Å². The van der Waals surface area contributed by atoms with E-state index in [1.54, 1.807) is 0 Å². The molecule has 0 radical (unpaired) electrons. The van der Waals surface area contributed by atoms with Gasteiger partial charge in [0.15, 0.2) is 0 Å². The lowest BCUT2D eigenvalue weighted by atomic mass is 9.91. The summed E-state index contributed by atoms with van der Waals surface area (Å²) in [5.41, 5.74) is 3.80. The largest absolute Gasteiger partial charge is 0.308 e. The molecule has 0 bridgehead atoms. The van der Waals surface area contributed by atoms with Gasteiger partial charge in [0.1, 0.15) is 16.7 Å². The molecular formula is C15H26N4S. The van der Waals surface area contributed by atoms with Gasteiger partial charge in [-0.2, -0.15) is 0 Å². The highest BCUT2D eigenvalue weighted by molar-refractivity contribution is 7.99. The average molecular weight is 294 g/mol. The Morgan fingerprint density at radius 2 is 2.15 bits per heavy atom. The molecule has 0 aliphatic heterocycles. The van der Waals surface area contributed by atoms with Crippen LogP contribution in [-0.2, 0) is 6.42 Å². The van der Waals surface area contributed by atoms with Crippen LogP contribution in [0.4, 0.5) is 5.82 Å². The average Bonchev–Trinajstić information content (AvgIpc) is 2.42. The van der Waals surface area contributed by atoms with Crippen molar-refractivity contribution in [3.63, 3.8) is 0 Å². The fraction of sp³-hybridized carbons (Fsp3) is 0.733. The lowest BCUT2D eigenvalue weighted by Crippen LogP contribution is -2.17. The Balaban J connectivity index is 2.18. The lowest BCUT2D eigenvalue weighted by molar-refractivity contribution is 0.394. The van der Waals surface area contributed by atoms with Gasteiger partial charge in [-0.25, -0.2) is 15.8 Å². The maximum absolute atomic E-state index is 5.59. The Hall–Kier alpha value is -0.810. The topological polar surface area (TPSA) is 63.8 Å². The Bertz CT molecular complexity index is 450. The third-order valence-corrected chi connectivity index (χ3v) is 5.31. The van der Waals surface area contributed by atoms with Gasteiger partial charge in [-0.1, -0.05) is 26.7 Å². The quantitative estimate of drug-likeness (QED) is 0.492. The number of hydrogen-bond acceptors (Lipinski definition) is 5. The summed E-state index contributed by atoms with van der Waals surface area (Å²) in [7, 11) is 0. The molecule has 1 aromatic heterocycles. The van der Waals surface area contributed by atoms with Crippen LogP contribution in [-0.4, -0.2) is 15.2 Å². The minimum atomic E-state index is 0.687. The molecule has 4 nitrogen and oxygen atoms in total. The first-order chi connectivity index (χ1) is 9.63. The van der Waals surface area contributed by atoms with Crippen molar-refractivity contribution in [3.8, 4) is 0 Å². The minimum absolute atomic E-state index is 0.687. The maximum Gasteiger partial charge on any atom is 0.147 e. The van der Waals surface area contributed by atoms with Crippen LogP contribution >= 0.6 is 11.8 Å². The van der Waals surface area contributed by atoms with Crippen LogP contribution in [0.25, 0.3) is 0 Å². The van der Waals surface area contributed by atoms with Gasteiger partial charge in [0, 0.05) is 17.2 Å². The molecule has 2 atom stereocenters. The van der Waals surface area contributed by atoms with Crippen molar-refractivity contribution < 1.29 is 0 Å². The third kappa shape index (κ3) is 3.85. The summed E-state index contributed by atoms with van der Waals surface area (Å²) in [6.07, 6.45) is 7.26. The molecule has 1 aromatic rings. The molecule has 0 amide bonds. The number of nitrogens with zero attached hydrogens (tertiary/aromatic N) is 2. The van der Waals surface area contributed by atoms with Crippen LogP contribution < -0.4 is 11.3 Å². The van der Waals surface area contributed by atoms with Crippen molar-refractivity contribution in [2.45, 2.75) is 69.6 Å². The van der Waals surface area contributed by atoms with E-state index < -0.39 is 0 Å². The van der Waals surface area contributed by atoms with Gasteiger partial charge in [0.2, 0.25) is 0 Å². The highest BCUT2D eigenvalue weighted by Crippen LogP contribution is 2.37. The molecule has 1 fully saturated rings. The van der Waals surface area contributed by atoms with Gasteiger partial charge in [0.05, 0.1) is 0 Å². The molecule has 2 rings (SSSR count). The second kappa shape index (κ2) is 7.27. The second-order valence-electron chi connectivity index (χ2n) is 5.82. The summed E-state index contributed by atoms with van der Waals surface area (Å²) in [4.78, 5) is 9.23. The number of nitrogens with one attached hydrogen (secondary N) is 1. The fourth-order valence-corrected chi connectivity index (χ4v) is 4.23. The van der Waals surface area contributed by atoms with E-state index in [1.165, 1.54) is 25.7 Å². The maximum atomic E-state index is 5.59. The smallest absolute Gasteiger partial charge is 0.147 e. The van der Waals surface area contributed by atoms with E-state index in [1.807, 2.05) is 11.8 Å². The van der Waals surface area contributed by atoms with Crippen molar-refractivity contribution in [2.75, 3.05) is 5.43 Å². The van der Waals surface area contributed by atoms with E-state index in [9.17, 15) is 0 Å². The summed E-state index contributed by atoms with van der Waals surface area (Å²) in [5, 5.41) is 1.79. The number of aromatic nitrogens is 2. The molecule has 1 saturated carbocycles. The summed E-state index contributed by atoms with van der Waals surface area (Å²) in [6, 6.07) is 0. The lowest BCUT2D eigenvalue weighted by Gasteiger charge is -2.26. The zero-order valence-electron chi connectivity index (χ0n) is 12.8. The summed E-state index contributed by atoms with van der Waals surface area (Å²) in [6.45, 7) is 6.56. The van der Waals surface area contributed by atoms with Crippen LogP contribution in [0, 0.1) is 12.8 Å². The molecule has 0 spiro atoms. The van der Waals surface area contributed by atoms with Gasteiger partial charge in [0.25, 0.3) is 0 Å². The number of anilines is 1. The third-order valence-electron chi connectivity index (χ3n) is 3.92. The highest BCUT2D eigenvalue weighted by atomic mass is 32.2. The van der Waals surface area contributed by atoms with Crippen molar-refractivity contribution in [1.29, 1.82) is 0 Å². The van der Waals surface area contributed by atoms with Crippen LogP contribution in [0.3, 0.4) is 0 Å². The number of hydrogen-bond donors (Lipinski definition) is 2. The molecule has 0 saturated heterocycles. The SMILES string of the molecule is CCCc1nc(NN)c(C)c(SC2CCCC(C)C2)n1. The van der Waals surface area contributed by atoms with Crippen LogP contribution in [0.1, 0.15) is 57.3 Å². The Labute approximate surface area is 126 Å². The molecular weight excluding hydrogens is 268 g/mol. The standard InChI is InChI=1S/C15H26N4S/c1-4-6-13-17-14(19-16)11(3)15(18-13)20-12-8-5-7-10(2)9-12/h10,12H,4-9,16H2,1-3H3,(H,17,18,19). The zero-order chi connectivity index (χ0) is 14.5. The minimum Gasteiger partial charge on any atom is -0.308 e. The number of aryl methyl sites for hydroxylation is 1. The summed E-state index contributed by atoms with van der Waals surface area (Å²) in [5.74, 6) is 8.10. The molecule has 1 heterocycles. The molecule has 2 unspecified atom stereocenters. The van der Waals surface area contributed by atoms with Gasteiger partial charge < -0.3 is 5.43 Å². The fourth-order valence-electron chi connectivity index (χ4n) is 2.77. The Morgan fingerprint density at radius 3 is 2.80 bits per heavy atom. The molecule has 112 valence electrons. The van der Waals surface area contributed by atoms with Crippen molar-refractivity contribution in [3.05, 3.63) is 11.4 Å². The number of rotatable bonds is 5. The van der Waals surface area contributed by atoms with Crippen molar-refractivity contribution in [1.82, 2.24) is 9.97 Å². The summed E-state index contributed by atoms with van der Waals surface area (Å²) < 4.78 is 0. The van der Waals surface area contributed by atoms with Gasteiger partial charge in [-0.3, -0.25) is 0 Å². The number of nitrogens with two attached hydrogens (primary N) is 1. The van der Waals surface area contributed by atoms with E-state index in [4.69, 9.17) is 10.8 Å². The zero-order valence-corrected chi connectivity index (χ0v) is 13.6. The van der Waals surface area contributed by atoms with Gasteiger partial charge in [-0.15, -0.1) is 11.8 Å².